The molecule has 0 radical (unpaired) electrons. The van der Waals surface area contributed by atoms with Crippen molar-refractivity contribution in [2.24, 2.45) is 0 Å². The first-order valence-corrected chi connectivity index (χ1v) is 3.94. The van der Waals surface area contributed by atoms with E-state index in [1.165, 1.54) is 6.92 Å². The molecule has 0 aromatic carbocycles. The van der Waals surface area contributed by atoms with Crippen molar-refractivity contribution < 1.29 is 14.7 Å². The van der Waals surface area contributed by atoms with Gasteiger partial charge >= 0.3 is 0 Å². The highest BCUT2D eigenvalue weighted by Gasteiger charge is 1.78. The highest BCUT2D eigenvalue weighted by Crippen LogP contribution is 1.54. The van der Waals surface area contributed by atoms with Crippen LogP contribution in [0.25, 0.3) is 0 Å². The fourth-order valence-electron chi connectivity index (χ4n) is 0.249. The molecule has 0 spiro atoms. The van der Waals surface area contributed by atoms with Crippen molar-refractivity contribution in [3.8, 4) is 0 Å². The van der Waals surface area contributed by atoms with Crippen LogP contribution in [0, 0.1) is 0 Å². The second kappa shape index (κ2) is 16.5. The van der Waals surface area contributed by atoms with E-state index in [2.05, 4.69) is 5.32 Å². The normalized spacial score (nSPS) is 6.42. The summed E-state index contributed by atoms with van der Waals surface area (Å²) in [5.41, 5.74) is 0. The summed E-state index contributed by atoms with van der Waals surface area (Å²) in [6, 6.07) is 0. The summed E-state index contributed by atoms with van der Waals surface area (Å²) in [7, 11) is 0. The van der Waals surface area contributed by atoms with E-state index in [4.69, 9.17) is 9.90 Å². The Morgan fingerprint density at radius 1 is 1.25 bits per heavy atom. The van der Waals surface area contributed by atoms with Gasteiger partial charge < -0.3 is 10.4 Å². The quantitative estimate of drug-likeness (QED) is 0.633. The molecule has 0 rings (SSSR count). The second-order valence-electron chi connectivity index (χ2n) is 1.61. The summed E-state index contributed by atoms with van der Waals surface area (Å²) in [6.45, 7) is 9.21. The third kappa shape index (κ3) is 150. The van der Waals surface area contributed by atoms with Gasteiger partial charge in [0, 0.05) is 20.4 Å². The molecule has 74 valence electrons. The molecule has 0 bridgehead atoms. The van der Waals surface area contributed by atoms with Gasteiger partial charge in [0.15, 0.2) is 0 Å². The van der Waals surface area contributed by atoms with Crippen LogP contribution in [0.5, 0.6) is 0 Å². The number of hydrogen-bond acceptors (Lipinski definition) is 2. The molecule has 1 amide bonds. The Morgan fingerprint density at radius 2 is 1.50 bits per heavy atom. The molecule has 0 saturated heterocycles. The monoisotopic (exact) mass is 177 g/mol. The van der Waals surface area contributed by atoms with Crippen LogP contribution >= 0.6 is 0 Å². The summed E-state index contributed by atoms with van der Waals surface area (Å²) in [5, 5.41) is 9.99. The molecule has 0 saturated carbocycles. The molecule has 0 fully saturated rings. The number of aliphatic carboxylic acids is 1. The van der Waals surface area contributed by atoms with E-state index in [-0.39, 0.29) is 5.91 Å². The lowest BCUT2D eigenvalue weighted by atomic mass is 10.6. The van der Waals surface area contributed by atoms with Gasteiger partial charge in [0.2, 0.25) is 5.91 Å². The Balaban J connectivity index is -0.000000118. The number of carboxylic acids is 1. The third-order valence-corrected chi connectivity index (χ3v) is 0.426. The molecule has 0 unspecified atom stereocenters. The molecule has 0 atom stereocenters. The molecule has 12 heavy (non-hydrogen) atoms. The van der Waals surface area contributed by atoms with Gasteiger partial charge in [0.05, 0.1) is 0 Å². The highest BCUT2D eigenvalue weighted by molar-refractivity contribution is 5.72. The van der Waals surface area contributed by atoms with E-state index in [9.17, 15) is 4.79 Å². The van der Waals surface area contributed by atoms with Crippen LogP contribution in [0.4, 0.5) is 0 Å². The van der Waals surface area contributed by atoms with Gasteiger partial charge in [-0.3, -0.25) is 9.59 Å². The number of amides is 1. The Hall–Kier alpha value is -1.06. The van der Waals surface area contributed by atoms with Gasteiger partial charge in [-0.25, -0.2) is 0 Å². The van der Waals surface area contributed by atoms with Crippen LogP contribution in [0.3, 0.4) is 0 Å². The molecule has 0 aliphatic heterocycles. The third-order valence-electron chi connectivity index (χ3n) is 0.426. The number of carboxylic acid groups (broad SMARTS) is 1. The maximum Gasteiger partial charge on any atom is 0.300 e. The van der Waals surface area contributed by atoms with Gasteiger partial charge in [0.25, 0.3) is 5.97 Å². The zero-order chi connectivity index (χ0) is 10.6. The zero-order valence-electron chi connectivity index (χ0n) is 8.47. The lowest BCUT2D eigenvalue weighted by molar-refractivity contribution is -0.134. The second-order valence-corrected chi connectivity index (χ2v) is 1.61. The molecule has 4 heteroatoms. The first-order valence-electron chi connectivity index (χ1n) is 3.94. The number of carbonyl (C=O) groups excluding carboxylic acids is 1. The number of rotatable bonds is 1. The molecule has 0 aliphatic carbocycles. The van der Waals surface area contributed by atoms with E-state index in [0.717, 1.165) is 13.5 Å². The number of nitrogens with one attached hydrogen (secondary N) is 1. The van der Waals surface area contributed by atoms with E-state index in [1.807, 2.05) is 20.8 Å². The Kier molecular flexibility index (Phi) is 23.6. The van der Waals surface area contributed by atoms with Crippen LogP contribution in [0.2, 0.25) is 0 Å². The number of hydrogen-bond donors (Lipinski definition) is 2. The first kappa shape index (κ1) is 17.1. The van der Waals surface area contributed by atoms with Crippen LogP contribution in [0.1, 0.15) is 34.6 Å². The fraction of sp³-hybridized carbons (Fsp3) is 0.750. The van der Waals surface area contributed by atoms with Crippen LogP contribution in [0.15, 0.2) is 0 Å². The van der Waals surface area contributed by atoms with Crippen molar-refractivity contribution in [1.82, 2.24) is 5.32 Å². The predicted molar refractivity (Wildman–Crippen MR) is 49.0 cm³/mol. The van der Waals surface area contributed by atoms with Crippen LogP contribution in [-0.2, 0) is 9.59 Å². The van der Waals surface area contributed by atoms with Crippen molar-refractivity contribution >= 4 is 11.9 Å². The SMILES string of the molecule is CC.CC(=O)O.CCNC(C)=O. The first-order chi connectivity index (χ1) is 5.50. The summed E-state index contributed by atoms with van der Waals surface area (Å²) in [6.07, 6.45) is 0. The molecule has 0 aromatic heterocycles. The summed E-state index contributed by atoms with van der Waals surface area (Å²) in [5.74, 6) is -0.794. The van der Waals surface area contributed by atoms with E-state index in [0.29, 0.717) is 0 Å². The maximum absolute atomic E-state index is 9.93. The molecule has 0 aromatic rings. The van der Waals surface area contributed by atoms with Gasteiger partial charge in [-0.2, -0.15) is 0 Å². The van der Waals surface area contributed by atoms with E-state index in [1.54, 1.807) is 0 Å². The van der Waals surface area contributed by atoms with Crippen LogP contribution in [-0.4, -0.2) is 23.5 Å². The van der Waals surface area contributed by atoms with E-state index < -0.39 is 5.97 Å². The van der Waals surface area contributed by atoms with Crippen molar-refractivity contribution in [1.29, 1.82) is 0 Å². The number of carbonyl (C=O) groups is 2. The van der Waals surface area contributed by atoms with Crippen molar-refractivity contribution in [3.63, 3.8) is 0 Å². The smallest absolute Gasteiger partial charge is 0.300 e. The van der Waals surface area contributed by atoms with Crippen molar-refractivity contribution in [2.75, 3.05) is 6.54 Å². The average Bonchev–Trinajstić information content (AvgIpc) is 1.90. The Bertz CT molecular complexity index is 109. The Morgan fingerprint density at radius 3 is 1.50 bits per heavy atom. The minimum Gasteiger partial charge on any atom is -0.481 e. The summed E-state index contributed by atoms with van der Waals surface area (Å²) < 4.78 is 0. The van der Waals surface area contributed by atoms with Crippen LogP contribution < -0.4 is 5.32 Å². The minimum atomic E-state index is -0.833. The summed E-state index contributed by atoms with van der Waals surface area (Å²) >= 11 is 0. The predicted octanol–water partition coefficient (Wildman–Crippen LogP) is 1.26. The largest absolute Gasteiger partial charge is 0.481 e. The van der Waals surface area contributed by atoms with Gasteiger partial charge in [0.1, 0.15) is 0 Å². The molecule has 2 N–H and O–H groups in total. The Labute approximate surface area is 74.0 Å². The topological polar surface area (TPSA) is 66.4 Å². The molecule has 0 aliphatic rings. The van der Waals surface area contributed by atoms with Crippen molar-refractivity contribution in [3.05, 3.63) is 0 Å². The standard InChI is InChI=1S/C4H9NO.C2H4O2.C2H6/c1-3-5-4(2)6;1-2(3)4;1-2/h3H2,1-2H3,(H,5,6);1H3,(H,3,4);1-2H3. The lowest BCUT2D eigenvalue weighted by Crippen LogP contribution is -2.18. The lowest BCUT2D eigenvalue weighted by Gasteiger charge is -1.88. The average molecular weight is 177 g/mol. The van der Waals surface area contributed by atoms with Gasteiger partial charge in [-0.15, -0.1) is 0 Å². The summed E-state index contributed by atoms with van der Waals surface area (Å²) in [4.78, 5) is 18.9. The zero-order valence-corrected chi connectivity index (χ0v) is 8.47. The van der Waals surface area contributed by atoms with Gasteiger partial charge in [-0.1, -0.05) is 13.8 Å². The minimum absolute atomic E-state index is 0.0394. The highest BCUT2D eigenvalue weighted by atomic mass is 16.4. The molecule has 0 heterocycles. The molecular formula is C8H19NO3. The van der Waals surface area contributed by atoms with E-state index >= 15 is 0 Å². The molecule has 4 nitrogen and oxygen atoms in total. The fourth-order valence-corrected chi connectivity index (χ4v) is 0.249. The maximum atomic E-state index is 9.93. The van der Waals surface area contributed by atoms with Gasteiger partial charge in [-0.05, 0) is 6.92 Å². The molecular weight excluding hydrogens is 158 g/mol. The van der Waals surface area contributed by atoms with Crippen molar-refractivity contribution in [2.45, 2.75) is 34.6 Å².